The lowest BCUT2D eigenvalue weighted by atomic mass is 10.1. The molecule has 1 atom stereocenters. The van der Waals surface area contributed by atoms with Crippen LogP contribution >= 0.6 is 0 Å². The third-order valence-corrected chi connectivity index (χ3v) is 2.59. The monoisotopic (exact) mass is 261 g/mol. The van der Waals surface area contributed by atoms with Gasteiger partial charge in [-0.15, -0.1) is 0 Å². The zero-order valence-corrected chi connectivity index (χ0v) is 10.8. The molecule has 0 fully saturated rings. The van der Waals surface area contributed by atoms with Crippen LogP contribution in [0.15, 0.2) is 18.3 Å². The van der Waals surface area contributed by atoms with Crippen LogP contribution in [-0.2, 0) is 0 Å². The van der Waals surface area contributed by atoms with E-state index in [-0.39, 0.29) is 6.04 Å². The number of pyridine rings is 1. The van der Waals surface area contributed by atoms with Gasteiger partial charge in [0.15, 0.2) is 0 Å². The Balaban J connectivity index is 2.81. The molecular weight excluding hydrogens is 243 g/mol. The van der Waals surface area contributed by atoms with E-state index in [0.717, 1.165) is 17.0 Å². The molecule has 0 aliphatic carbocycles. The molecule has 6 heteroatoms. The highest BCUT2D eigenvalue weighted by Gasteiger charge is 2.29. The average Bonchev–Trinajstić information content (AvgIpc) is 2.27. The summed E-state index contributed by atoms with van der Waals surface area (Å²) in [6.45, 7) is 3.75. The lowest BCUT2D eigenvalue weighted by Gasteiger charge is -2.21. The fourth-order valence-electron chi connectivity index (χ4n) is 1.69. The van der Waals surface area contributed by atoms with Crippen molar-refractivity contribution >= 4 is 5.82 Å². The fraction of sp³-hybridized carbons (Fsp3) is 0.583. The van der Waals surface area contributed by atoms with Gasteiger partial charge >= 0.3 is 6.18 Å². The highest BCUT2D eigenvalue weighted by molar-refractivity contribution is 5.41. The fourth-order valence-corrected chi connectivity index (χ4v) is 1.69. The summed E-state index contributed by atoms with van der Waals surface area (Å²) in [6.07, 6.45) is -2.69. The molecule has 0 amide bonds. The lowest BCUT2D eigenvalue weighted by Crippen LogP contribution is -2.31. The van der Waals surface area contributed by atoms with Gasteiger partial charge in [0.05, 0.1) is 0 Å². The Morgan fingerprint density at radius 2 is 2.11 bits per heavy atom. The second-order valence-electron chi connectivity index (χ2n) is 4.20. The van der Waals surface area contributed by atoms with Crippen molar-refractivity contribution in [1.29, 1.82) is 0 Å². The minimum atomic E-state index is -4.22. The Hall–Kier alpha value is -1.30. The Labute approximate surface area is 105 Å². The minimum absolute atomic E-state index is 0.0936. The molecule has 1 unspecified atom stereocenters. The molecule has 1 rings (SSSR count). The van der Waals surface area contributed by atoms with E-state index in [9.17, 15) is 13.2 Å². The van der Waals surface area contributed by atoms with Gasteiger partial charge in [-0.25, -0.2) is 4.98 Å². The number of nitrogens with one attached hydrogen (secondary N) is 1. The molecule has 1 aromatic heterocycles. The van der Waals surface area contributed by atoms with Gasteiger partial charge in [-0.3, -0.25) is 0 Å². The second-order valence-corrected chi connectivity index (χ2v) is 4.20. The van der Waals surface area contributed by atoms with Crippen LogP contribution in [0.2, 0.25) is 0 Å². The number of nitrogens with zero attached hydrogens (tertiary/aromatic N) is 2. The van der Waals surface area contributed by atoms with E-state index in [4.69, 9.17) is 0 Å². The van der Waals surface area contributed by atoms with Crippen LogP contribution in [0.3, 0.4) is 0 Å². The van der Waals surface area contributed by atoms with Crippen LogP contribution in [0.1, 0.15) is 25.5 Å². The van der Waals surface area contributed by atoms with Gasteiger partial charge in [-0.1, -0.05) is 6.92 Å². The van der Waals surface area contributed by atoms with Crippen molar-refractivity contribution in [2.24, 2.45) is 0 Å². The number of rotatable bonds is 5. The normalized spacial score (nSPS) is 13.4. The zero-order chi connectivity index (χ0) is 13.8. The molecule has 1 N–H and O–H groups in total. The van der Waals surface area contributed by atoms with Crippen molar-refractivity contribution in [3.8, 4) is 0 Å². The molecule has 0 saturated heterocycles. The standard InChI is InChI=1S/C12H18F3N3/c1-4-16-9(2)10-5-6-17-11(7-10)18(3)8-12(13,14)15/h5-7,9,16H,4,8H2,1-3H3. The van der Waals surface area contributed by atoms with E-state index in [0.29, 0.717) is 5.82 Å². The number of hydrogen-bond acceptors (Lipinski definition) is 3. The number of hydrogen-bond donors (Lipinski definition) is 1. The smallest absolute Gasteiger partial charge is 0.351 e. The summed E-state index contributed by atoms with van der Waals surface area (Å²) < 4.78 is 36.9. The highest BCUT2D eigenvalue weighted by Crippen LogP contribution is 2.21. The van der Waals surface area contributed by atoms with Gasteiger partial charge in [0.2, 0.25) is 0 Å². The molecule has 102 valence electrons. The van der Waals surface area contributed by atoms with Gasteiger partial charge < -0.3 is 10.2 Å². The van der Waals surface area contributed by atoms with Crippen molar-refractivity contribution in [2.45, 2.75) is 26.1 Å². The van der Waals surface area contributed by atoms with Crippen LogP contribution in [0.25, 0.3) is 0 Å². The van der Waals surface area contributed by atoms with Crippen molar-refractivity contribution in [3.63, 3.8) is 0 Å². The van der Waals surface area contributed by atoms with E-state index >= 15 is 0 Å². The minimum Gasteiger partial charge on any atom is -0.351 e. The van der Waals surface area contributed by atoms with Gasteiger partial charge in [0.1, 0.15) is 12.4 Å². The molecule has 0 bridgehead atoms. The van der Waals surface area contributed by atoms with Crippen LogP contribution in [0.5, 0.6) is 0 Å². The maximum absolute atomic E-state index is 12.3. The first-order chi connectivity index (χ1) is 8.33. The third-order valence-electron chi connectivity index (χ3n) is 2.59. The van der Waals surface area contributed by atoms with E-state index in [2.05, 4.69) is 10.3 Å². The van der Waals surface area contributed by atoms with Gasteiger partial charge in [0, 0.05) is 19.3 Å². The summed E-state index contributed by atoms with van der Waals surface area (Å²) in [4.78, 5) is 5.06. The molecule has 0 aromatic carbocycles. The summed E-state index contributed by atoms with van der Waals surface area (Å²) in [5.74, 6) is 0.328. The van der Waals surface area contributed by atoms with Crippen molar-refractivity contribution in [1.82, 2.24) is 10.3 Å². The number of alkyl halides is 3. The summed E-state index contributed by atoms with van der Waals surface area (Å²) in [5, 5.41) is 3.21. The summed E-state index contributed by atoms with van der Waals surface area (Å²) >= 11 is 0. The zero-order valence-electron chi connectivity index (χ0n) is 10.8. The predicted octanol–water partition coefficient (Wildman–Crippen LogP) is 2.75. The predicted molar refractivity (Wildman–Crippen MR) is 65.7 cm³/mol. The van der Waals surface area contributed by atoms with Crippen molar-refractivity contribution in [2.75, 3.05) is 25.0 Å². The van der Waals surface area contributed by atoms with Crippen molar-refractivity contribution in [3.05, 3.63) is 23.9 Å². The van der Waals surface area contributed by atoms with Crippen LogP contribution in [0, 0.1) is 0 Å². The Morgan fingerprint density at radius 3 is 2.67 bits per heavy atom. The SMILES string of the molecule is CCNC(C)c1ccnc(N(C)CC(F)(F)F)c1. The molecule has 3 nitrogen and oxygen atoms in total. The summed E-state index contributed by atoms with van der Waals surface area (Å²) in [7, 11) is 1.39. The largest absolute Gasteiger partial charge is 0.405 e. The first kappa shape index (κ1) is 14.8. The first-order valence-corrected chi connectivity index (χ1v) is 5.80. The number of anilines is 1. The lowest BCUT2D eigenvalue weighted by molar-refractivity contribution is -0.119. The van der Waals surface area contributed by atoms with Gasteiger partial charge in [0.25, 0.3) is 0 Å². The van der Waals surface area contributed by atoms with Gasteiger partial charge in [-0.05, 0) is 31.2 Å². The maximum atomic E-state index is 12.3. The Morgan fingerprint density at radius 1 is 1.44 bits per heavy atom. The van der Waals surface area contributed by atoms with Crippen LogP contribution in [-0.4, -0.2) is 31.3 Å². The third kappa shape index (κ3) is 4.52. The summed E-state index contributed by atoms with van der Waals surface area (Å²) in [6, 6.07) is 3.58. The van der Waals surface area contributed by atoms with Gasteiger partial charge in [-0.2, -0.15) is 13.2 Å². The Kier molecular flexibility index (Phi) is 4.95. The summed E-state index contributed by atoms with van der Waals surface area (Å²) in [5.41, 5.74) is 0.927. The number of halogens is 3. The molecule has 0 aliphatic rings. The Bertz CT molecular complexity index is 379. The van der Waals surface area contributed by atoms with Crippen molar-refractivity contribution < 1.29 is 13.2 Å². The highest BCUT2D eigenvalue weighted by atomic mass is 19.4. The van der Waals surface area contributed by atoms with E-state index in [1.807, 2.05) is 13.8 Å². The molecule has 0 aliphatic heterocycles. The molecule has 1 aromatic rings. The van der Waals surface area contributed by atoms with E-state index < -0.39 is 12.7 Å². The molecule has 0 spiro atoms. The maximum Gasteiger partial charge on any atom is 0.405 e. The van der Waals surface area contributed by atoms with E-state index in [1.54, 1.807) is 12.1 Å². The molecule has 18 heavy (non-hydrogen) atoms. The van der Waals surface area contributed by atoms with E-state index in [1.165, 1.54) is 13.2 Å². The second kappa shape index (κ2) is 6.04. The first-order valence-electron chi connectivity index (χ1n) is 5.80. The van der Waals surface area contributed by atoms with Crippen LogP contribution in [0.4, 0.5) is 19.0 Å². The average molecular weight is 261 g/mol. The molecule has 1 heterocycles. The quantitative estimate of drug-likeness (QED) is 0.883. The topological polar surface area (TPSA) is 28.2 Å². The molecule has 0 saturated carbocycles. The molecule has 0 radical (unpaired) electrons. The molecular formula is C12H18F3N3. The van der Waals surface area contributed by atoms with Crippen LogP contribution < -0.4 is 10.2 Å². The number of aromatic nitrogens is 1.